The summed E-state index contributed by atoms with van der Waals surface area (Å²) in [6.07, 6.45) is 3.64. The highest BCUT2D eigenvalue weighted by molar-refractivity contribution is 7.13. The molecule has 1 atom stereocenters. The van der Waals surface area contributed by atoms with Gasteiger partial charge in [0.25, 0.3) is 0 Å². The van der Waals surface area contributed by atoms with E-state index in [0.717, 1.165) is 18.7 Å². The van der Waals surface area contributed by atoms with Crippen molar-refractivity contribution in [2.45, 2.75) is 25.3 Å². The largest absolute Gasteiger partial charge is 0.375 e. The quantitative estimate of drug-likeness (QED) is 0.879. The van der Waals surface area contributed by atoms with E-state index in [1.165, 1.54) is 37.3 Å². The number of piperidine rings is 1. The van der Waals surface area contributed by atoms with Gasteiger partial charge in [-0.1, -0.05) is 0 Å². The van der Waals surface area contributed by atoms with Gasteiger partial charge in [0.15, 0.2) is 5.13 Å². The van der Waals surface area contributed by atoms with E-state index in [0.29, 0.717) is 11.2 Å². The van der Waals surface area contributed by atoms with Crippen LogP contribution in [0.3, 0.4) is 0 Å². The number of thiazole rings is 1. The minimum atomic E-state index is 0.681. The third-order valence-electron chi connectivity index (χ3n) is 3.51. The molecule has 17 heavy (non-hydrogen) atoms. The van der Waals surface area contributed by atoms with Crippen molar-refractivity contribution in [3.05, 3.63) is 11.1 Å². The smallest absolute Gasteiger partial charge is 0.180 e. The number of hydrogen-bond donors (Lipinski definition) is 1. The summed E-state index contributed by atoms with van der Waals surface area (Å²) in [6.45, 7) is 3.50. The molecule has 2 heterocycles. The standard InChI is InChI=1S/C12H22N4S/c1-15-6-3-4-11(8-15)16(2)7-5-10-9-17-12(13)14-10/h9,11H,3-8H2,1-2H3,(H2,13,14). The molecular formula is C12H22N4S. The van der Waals surface area contributed by atoms with Crippen molar-refractivity contribution < 1.29 is 0 Å². The van der Waals surface area contributed by atoms with Crippen LogP contribution >= 0.6 is 11.3 Å². The molecule has 1 aromatic heterocycles. The lowest BCUT2D eigenvalue weighted by atomic mass is 10.0. The van der Waals surface area contributed by atoms with Crippen LogP contribution in [0, 0.1) is 0 Å². The Morgan fingerprint density at radius 2 is 2.47 bits per heavy atom. The Balaban J connectivity index is 1.78. The molecule has 0 radical (unpaired) electrons. The summed E-state index contributed by atoms with van der Waals surface area (Å²) in [7, 11) is 4.43. The SMILES string of the molecule is CN1CCCC(N(C)CCc2csc(N)n2)C1. The highest BCUT2D eigenvalue weighted by Gasteiger charge is 2.20. The van der Waals surface area contributed by atoms with Crippen LogP contribution < -0.4 is 5.73 Å². The van der Waals surface area contributed by atoms with Crippen molar-refractivity contribution in [1.82, 2.24) is 14.8 Å². The molecule has 1 fully saturated rings. The van der Waals surface area contributed by atoms with E-state index in [4.69, 9.17) is 5.73 Å². The Morgan fingerprint density at radius 1 is 1.65 bits per heavy atom. The van der Waals surface area contributed by atoms with E-state index in [-0.39, 0.29) is 0 Å². The van der Waals surface area contributed by atoms with Gasteiger partial charge in [0.1, 0.15) is 0 Å². The fourth-order valence-corrected chi connectivity index (χ4v) is 3.01. The topological polar surface area (TPSA) is 45.4 Å². The third kappa shape index (κ3) is 3.66. The zero-order valence-electron chi connectivity index (χ0n) is 10.7. The molecular weight excluding hydrogens is 232 g/mol. The maximum Gasteiger partial charge on any atom is 0.180 e. The van der Waals surface area contributed by atoms with E-state index in [1.807, 2.05) is 0 Å². The first-order valence-electron chi connectivity index (χ1n) is 6.24. The van der Waals surface area contributed by atoms with Crippen molar-refractivity contribution >= 4 is 16.5 Å². The minimum absolute atomic E-state index is 0.681. The minimum Gasteiger partial charge on any atom is -0.375 e. The number of nitrogen functional groups attached to an aromatic ring is 1. The van der Waals surface area contributed by atoms with Crippen LogP contribution in [0.15, 0.2) is 5.38 Å². The maximum absolute atomic E-state index is 5.63. The molecule has 4 nitrogen and oxygen atoms in total. The highest BCUT2D eigenvalue weighted by Crippen LogP contribution is 2.15. The summed E-state index contributed by atoms with van der Waals surface area (Å²) < 4.78 is 0. The first kappa shape index (κ1) is 12.8. The third-order valence-corrected chi connectivity index (χ3v) is 4.24. The van der Waals surface area contributed by atoms with Gasteiger partial charge in [-0.15, -0.1) is 11.3 Å². The van der Waals surface area contributed by atoms with Crippen LogP contribution in [0.4, 0.5) is 5.13 Å². The summed E-state index contributed by atoms with van der Waals surface area (Å²) in [6, 6.07) is 0.699. The molecule has 0 amide bonds. The fraction of sp³-hybridized carbons (Fsp3) is 0.750. The second-order valence-corrected chi connectivity index (χ2v) is 5.86. The summed E-state index contributed by atoms with van der Waals surface area (Å²) in [4.78, 5) is 9.19. The molecule has 0 bridgehead atoms. The lowest BCUT2D eigenvalue weighted by Gasteiger charge is -2.35. The molecule has 5 heteroatoms. The summed E-state index contributed by atoms with van der Waals surface area (Å²) in [5.41, 5.74) is 6.76. The molecule has 1 aliphatic heterocycles. The summed E-state index contributed by atoms with van der Waals surface area (Å²) >= 11 is 1.53. The zero-order chi connectivity index (χ0) is 12.3. The molecule has 0 aliphatic carbocycles. The number of likely N-dealkylation sites (N-methyl/N-ethyl adjacent to an activating group) is 2. The van der Waals surface area contributed by atoms with Gasteiger partial charge in [-0.2, -0.15) is 0 Å². The van der Waals surface area contributed by atoms with Crippen molar-refractivity contribution in [2.75, 3.05) is 39.5 Å². The number of likely N-dealkylation sites (tertiary alicyclic amines) is 1. The Hall–Kier alpha value is -0.650. The van der Waals surface area contributed by atoms with Crippen LogP contribution in [-0.4, -0.2) is 54.6 Å². The Morgan fingerprint density at radius 3 is 3.12 bits per heavy atom. The van der Waals surface area contributed by atoms with E-state index >= 15 is 0 Å². The van der Waals surface area contributed by atoms with Gasteiger partial charge in [-0.25, -0.2) is 4.98 Å². The normalized spacial score (nSPS) is 22.2. The Bertz CT molecular complexity index is 352. The number of rotatable bonds is 4. The average molecular weight is 254 g/mol. The van der Waals surface area contributed by atoms with Gasteiger partial charge in [-0.3, -0.25) is 0 Å². The number of nitrogens with two attached hydrogens (primary N) is 1. The predicted molar refractivity (Wildman–Crippen MR) is 73.4 cm³/mol. The number of aromatic nitrogens is 1. The summed E-state index contributed by atoms with van der Waals surface area (Å²) in [5, 5.41) is 2.75. The van der Waals surface area contributed by atoms with Crippen LogP contribution in [0.1, 0.15) is 18.5 Å². The molecule has 0 saturated carbocycles. The van der Waals surface area contributed by atoms with Gasteiger partial charge in [0.05, 0.1) is 5.69 Å². The lowest BCUT2D eigenvalue weighted by molar-refractivity contribution is 0.135. The van der Waals surface area contributed by atoms with Crippen LogP contribution in [0.25, 0.3) is 0 Å². The molecule has 1 saturated heterocycles. The van der Waals surface area contributed by atoms with Crippen molar-refractivity contribution in [1.29, 1.82) is 0 Å². The average Bonchev–Trinajstić information content (AvgIpc) is 2.72. The first-order valence-corrected chi connectivity index (χ1v) is 7.12. The van der Waals surface area contributed by atoms with Crippen LogP contribution in [-0.2, 0) is 6.42 Å². The fourth-order valence-electron chi connectivity index (χ4n) is 2.41. The molecule has 2 N–H and O–H groups in total. The second kappa shape index (κ2) is 5.80. The van der Waals surface area contributed by atoms with E-state index in [9.17, 15) is 0 Å². The molecule has 96 valence electrons. The molecule has 2 rings (SSSR count). The first-order chi connectivity index (χ1) is 8.15. The second-order valence-electron chi connectivity index (χ2n) is 4.97. The van der Waals surface area contributed by atoms with Crippen LogP contribution in [0.2, 0.25) is 0 Å². The predicted octanol–water partition coefficient (Wildman–Crippen LogP) is 1.29. The zero-order valence-corrected chi connectivity index (χ0v) is 11.5. The lowest BCUT2D eigenvalue weighted by Crippen LogP contribution is -2.45. The van der Waals surface area contributed by atoms with Gasteiger partial charge >= 0.3 is 0 Å². The van der Waals surface area contributed by atoms with Crippen molar-refractivity contribution in [3.8, 4) is 0 Å². The van der Waals surface area contributed by atoms with Crippen LogP contribution in [0.5, 0.6) is 0 Å². The monoisotopic (exact) mass is 254 g/mol. The molecule has 0 aromatic carbocycles. The number of nitrogens with zero attached hydrogens (tertiary/aromatic N) is 3. The van der Waals surface area contributed by atoms with E-state index < -0.39 is 0 Å². The van der Waals surface area contributed by atoms with Crippen molar-refractivity contribution in [3.63, 3.8) is 0 Å². The molecule has 1 aliphatic rings. The molecule has 0 spiro atoms. The van der Waals surface area contributed by atoms with E-state index in [2.05, 4.69) is 34.3 Å². The number of anilines is 1. The Labute approximate surface area is 107 Å². The maximum atomic E-state index is 5.63. The summed E-state index contributed by atoms with van der Waals surface area (Å²) in [5.74, 6) is 0. The van der Waals surface area contributed by atoms with Gasteiger partial charge in [-0.05, 0) is 33.5 Å². The van der Waals surface area contributed by atoms with Gasteiger partial charge < -0.3 is 15.5 Å². The van der Waals surface area contributed by atoms with Gasteiger partial charge in [0, 0.05) is 30.9 Å². The molecule has 1 aromatic rings. The molecule has 1 unspecified atom stereocenters. The Kier molecular flexibility index (Phi) is 4.36. The van der Waals surface area contributed by atoms with E-state index in [1.54, 1.807) is 0 Å². The highest BCUT2D eigenvalue weighted by atomic mass is 32.1. The van der Waals surface area contributed by atoms with Gasteiger partial charge in [0.2, 0.25) is 0 Å². The van der Waals surface area contributed by atoms with Crippen molar-refractivity contribution in [2.24, 2.45) is 0 Å². The number of hydrogen-bond acceptors (Lipinski definition) is 5.